The number of carbonyl (C=O) groups excluding carboxylic acids is 1. The molecule has 5 nitrogen and oxygen atoms in total. The summed E-state index contributed by atoms with van der Waals surface area (Å²) in [5.41, 5.74) is 7.31. The normalized spacial score (nSPS) is 16.2. The molecule has 0 saturated heterocycles. The number of nitrogens with one attached hydrogen (secondary N) is 1. The van der Waals surface area contributed by atoms with Crippen molar-refractivity contribution in [2.45, 2.75) is 44.1 Å². The number of nitrogens with two attached hydrogens (primary N) is 1. The highest BCUT2D eigenvalue weighted by Crippen LogP contribution is 2.32. The largest absolute Gasteiger partial charge is 0.481 e. The number of hydrogen-bond acceptors (Lipinski definition) is 3. The van der Waals surface area contributed by atoms with Gasteiger partial charge in [0.2, 0.25) is 5.91 Å². The highest BCUT2D eigenvalue weighted by Gasteiger charge is 2.34. The second kappa shape index (κ2) is 6.05. The molecule has 1 aromatic rings. The van der Waals surface area contributed by atoms with E-state index in [0.717, 1.165) is 24.8 Å². The number of amides is 1. The molecule has 0 aliphatic heterocycles. The zero-order valence-electron chi connectivity index (χ0n) is 11.4. The molecule has 1 fully saturated rings. The van der Waals surface area contributed by atoms with Gasteiger partial charge in [-0.15, -0.1) is 0 Å². The number of carboxylic acid groups (broad SMARTS) is 1. The molecule has 1 amide bonds. The molecule has 0 spiro atoms. The van der Waals surface area contributed by atoms with Crippen molar-refractivity contribution in [1.82, 2.24) is 0 Å². The molecular formula is C15H20N2O3. The number of hydrogen-bond donors (Lipinski definition) is 3. The molecule has 1 aromatic carbocycles. The first-order chi connectivity index (χ1) is 9.47. The highest BCUT2D eigenvalue weighted by atomic mass is 16.4. The minimum absolute atomic E-state index is 0.0809. The van der Waals surface area contributed by atoms with E-state index >= 15 is 0 Å². The third-order valence-corrected chi connectivity index (χ3v) is 3.70. The number of benzene rings is 1. The Morgan fingerprint density at radius 3 is 2.70 bits per heavy atom. The standard InChI is InChI=1S/C15H20N2O3/c16-15(7-2-8-15)10-13(18)17-12-4-1-3-11(9-12)5-6-14(19)20/h1,3-4,9H,2,5-8,10,16H2,(H,17,18)(H,19,20). The summed E-state index contributed by atoms with van der Waals surface area (Å²) >= 11 is 0. The van der Waals surface area contributed by atoms with Crippen LogP contribution in [0.2, 0.25) is 0 Å². The lowest BCUT2D eigenvalue weighted by atomic mass is 9.75. The van der Waals surface area contributed by atoms with Crippen LogP contribution in [0.15, 0.2) is 24.3 Å². The van der Waals surface area contributed by atoms with E-state index in [1.54, 1.807) is 6.07 Å². The average Bonchev–Trinajstić information content (AvgIpc) is 2.35. The van der Waals surface area contributed by atoms with Crippen molar-refractivity contribution in [3.05, 3.63) is 29.8 Å². The van der Waals surface area contributed by atoms with E-state index in [-0.39, 0.29) is 17.9 Å². The second-order valence-corrected chi connectivity index (χ2v) is 5.53. The van der Waals surface area contributed by atoms with Gasteiger partial charge in [0.25, 0.3) is 0 Å². The smallest absolute Gasteiger partial charge is 0.303 e. The summed E-state index contributed by atoms with van der Waals surface area (Å²) in [5, 5.41) is 11.5. The van der Waals surface area contributed by atoms with E-state index in [1.807, 2.05) is 18.2 Å². The SMILES string of the molecule is NC1(CC(=O)Nc2cccc(CCC(=O)O)c2)CCC1. The molecule has 0 aromatic heterocycles. The lowest BCUT2D eigenvalue weighted by Crippen LogP contribution is -2.48. The van der Waals surface area contributed by atoms with E-state index < -0.39 is 5.97 Å². The van der Waals surface area contributed by atoms with Gasteiger partial charge in [-0.25, -0.2) is 0 Å². The van der Waals surface area contributed by atoms with Gasteiger partial charge < -0.3 is 16.2 Å². The second-order valence-electron chi connectivity index (χ2n) is 5.53. The molecule has 20 heavy (non-hydrogen) atoms. The maximum atomic E-state index is 11.9. The Hall–Kier alpha value is -1.88. The summed E-state index contributed by atoms with van der Waals surface area (Å²) in [6, 6.07) is 7.28. The van der Waals surface area contributed by atoms with Crippen LogP contribution in [0.3, 0.4) is 0 Å². The lowest BCUT2D eigenvalue weighted by Gasteiger charge is -2.37. The minimum atomic E-state index is -0.825. The molecule has 1 saturated carbocycles. The third-order valence-electron chi connectivity index (χ3n) is 3.70. The van der Waals surface area contributed by atoms with Crippen LogP contribution in [-0.4, -0.2) is 22.5 Å². The number of aliphatic carboxylic acids is 1. The van der Waals surface area contributed by atoms with Gasteiger partial charge in [0.1, 0.15) is 0 Å². The van der Waals surface area contributed by atoms with Crippen LogP contribution in [0.1, 0.15) is 37.7 Å². The van der Waals surface area contributed by atoms with Gasteiger partial charge in [-0.05, 0) is 43.4 Å². The molecule has 108 valence electrons. The summed E-state index contributed by atoms with van der Waals surface area (Å²) in [4.78, 5) is 22.5. The molecule has 0 unspecified atom stereocenters. The molecule has 1 aliphatic carbocycles. The van der Waals surface area contributed by atoms with Crippen molar-refractivity contribution in [2.24, 2.45) is 5.73 Å². The Morgan fingerprint density at radius 1 is 1.35 bits per heavy atom. The summed E-state index contributed by atoms with van der Waals surface area (Å²) in [6.45, 7) is 0. The molecule has 5 heteroatoms. The average molecular weight is 276 g/mol. The fraction of sp³-hybridized carbons (Fsp3) is 0.467. The fourth-order valence-corrected chi connectivity index (χ4v) is 2.39. The number of carboxylic acids is 1. The van der Waals surface area contributed by atoms with Crippen molar-refractivity contribution < 1.29 is 14.7 Å². The number of carbonyl (C=O) groups is 2. The van der Waals surface area contributed by atoms with Gasteiger partial charge in [-0.3, -0.25) is 9.59 Å². The van der Waals surface area contributed by atoms with Gasteiger partial charge in [-0.1, -0.05) is 12.1 Å². The quantitative estimate of drug-likeness (QED) is 0.740. The molecule has 4 N–H and O–H groups in total. The van der Waals surface area contributed by atoms with Crippen molar-refractivity contribution in [3.63, 3.8) is 0 Å². The predicted octanol–water partition coefficient (Wildman–Crippen LogP) is 1.91. The van der Waals surface area contributed by atoms with Gasteiger partial charge in [0.05, 0.1) is 0 Å². The maximum Gasteiger partial charge on any atom is 0.303 e. The molecule has 0 heterocycles. The van der Waals surface area contributed by atoms with Gasteiger partial charge in [0, 0.05) is 24.1 Å². The Balaban J connectivity index is 1.90. The van der Waals surface area contributed by atoms with Gasteiger partial charge in [0.15, 0.2) is 0 Å². The van der Waals surface area contributed by atoms with Gasteiger partial charge >= 0.3 is 5.97 Å². The monoisotopic (exact) mass is 276 g/mol. The first kappa shape index (κ1) is 14.5. The summed E-state index contributed by atoms with van der Waals surface area (Å²) in [6.07, 6.45) is 3.78. The topological polar surface area (TPSA) is 92.4 Å². The highest BCUT2D eigenvalue weighted by molar-refractivity contribution is 5.91. The van der Waals surface area contributed by atoms with Crippen LogP contribution in [0, 0.1) is 0 Å². The lowest BCUT2D eigenvalue weighted by molar-refractivity contribution is -0.137. The maximum absolute atomic E-state index is 11.9. The zero-order valence-corrected chi connectivity index (χ0v) is 11.4. The van der Waals surface area contributed by atoms with Crippen molar-refractivity contribution in [2.75, 3.05) is 5.32 Å². The Kier molecular flexibility index (Phi) is 4.39. The van der Waals surface area contributed by atoms with Crippen LogP contribution in [-0.2, 0) is 16.0 Å². The van der Waals surface area contributed by atoms with Crippen LogP contribution in [0.25, 0.3) is 0 Å². The van der Waals surface area contributed by atoms with E-state index in [4.69, 9.17) is 10.8 Å². The minimum Gasteiger partial charge on any atom is -0.481 e. The molecule has 1 aliphatic rings. The predicted molar refractivity (Wildman–Crippen MR) is 76.4 cm³/mol. The molecule has 0 atom stereocenters. The molecule has 2 rings (SSSR count). The summed E-state index contributed by atoms with van der Waals surface area (Å²) < 4.78 is 0. The number of anilines is 1. The Morgan fingerprint density at radius 2 is 2.10 bits per heavy atom. The summed E-state index contributed by atoms with van der Waals surface area (Å²) in [7, 11) is 0. The molecule has 0 radical (unpaired) electrons. The van der Waals surface area contributed by atoms with Crippen LogP contribution >= 0.6 is 0 Å². The van der Waals surface area contributed by atoms with Gasteiger partial charge in [-0.2, -0.15) is 0 Å². The van der Waals surface area contributed by atoms with E-state index in [1.165, 1.54) is 0 Å². The van der Waals surface area contributed by atoms with Crippen molar-refractivity contribution in [3.8, 4) is 0 Å². The number of rotatable bonds is 6. The summed E-state index contributed by atoms with van der Waals surface area (Å²) in [5.74, 6) is -0.905. The van der Waals surface area contributed by atoms with E-state index in [2.05, 4.69) is 5.32 Å². The first-order valence-electron chi connectivity index (χ1n) is 6.86. The van der Waals surface area contributed by atoms with Crippen LogP contribution in [0.4, 0.5) is 5.69 Å². The fourth-order valence-electron chi connectivity index (χ4n) is 2.39. The Labute approximate surface area is 118 Å². The molecule has 0 bridgehead atoms. The van der Waals surface area contributed by atoms with E-state index in [9.17, 15) is 9.59 Å². The van der Waals surface area contributed by atoms with Crippen molar-refractivity contribution >= 4 is 17.6 Å². The third kappa shape index (κ3) is 4.06. The Bertz CT molecular complexity index is 510. The zero-order chi connectivity index (χ0) is 14.6. The van der Waals surface area contributed by atoms with Crippen LogP contribution in [0.5, 0.6) is 0 Å². The van der Waals surface area contributed by atoms with Crippen molar-refractivity contribution in [1.29, 1.82) is 0 Å². The van der Waals surface area contributed by atoms with E-state index in [0.29, 0.717) is 18.5 Å². The molecular weight excluding hydrogens is 256 g/mol. The number of aryl methyl sites for hydroxylation is 1. The first-order valence-corrected chi connectivity index (χ1v) is 6.86. The van der Waals surface area contributed by atoms with Crippen LogP contribution < -0.4 is 11.1 Å².